The minimum atomic E-state index is -1.02. The Kier molecular flexibility index (Phi) is 8.77. The second-order valence-electron chi connectivity index (χ2n) is 10.00. The van der Waals surface area contributed by atoms with Crippen LogP contribution in [0.1, 0.15) is 37.7 Å². The van der Waals surface area contributed by atoms with Gasteiger partial charge in [-0.25, -0.2) is 9.78 Å². The molecule has 2 aliphatic rings. The summed E-state index contributed by atoms with van der Waals surface area (Å²) in [5.41, 5.74) is 6.51. The van der Waals surface area contributed by atoms with Crippen LogP contribution in [0.3, 0.4) is 0 Å². The first-order valence-electron chi connectivity index (χ1n) is 12.3. The fourth-order valence-electron chi connectivity index (χ4n) is 3.86. The Morgan fingerprint density at radius 1 is 1.29 bits per heavy atom. The van der Waals surface area contributed by atoms with Crippen LogP contribution in [0.5, 0.6) is 0 Å². The number of pyridine rings is 1. The van der Waals surface area contributed by atoms with Gasteiger partial charge in [-0.2, -0.15) is 0 Å². The van der Waals surface area contributed by atoms with Crippen LogP contribution in [-0.4, -0.2) is 73.5 Å². The predicted molar refractivity (Wildman–Crippen MR) is 151 cm³/mol. The van der Waals surface area contributed by atoms with Crippen LogP contribution < -0.4 is 11.1 Å². The van der Waals surface area contributed by atoms with Crippen molar-refractivity contribution in [1.29, 1.82) is 0 Å². The summed E-state index contributed by atoms with van der Waals surface area (Å²) in [6.45, 7) is 6.19. The molecule has 0 aromatic carbocycles. The van der Waals surface area contributed by atoms with E-state index in [-0.39, 0.29) is 16.5 Å². The third-order valence-corrected chi connectivity index (χ3v) is 8.04. The van der Waals surface area contributed by atoms with Gasteiger partial charge in [0.15, 0.2) is 10.8 Å². The maximum atomic E-state index is 13.3. The summed E-state index contributed by atoms with van der Waals surface area (Å²) in [6, 6.07) is 2.62. The zero-order valence-electron chi connectivity index (χ0n) is 22.6. The summed E-state index contributed by atoms with van der Waals surface area (Å²) in [5, 5.41) is 15.9. The number of hydrogen-bond acceptors (Lipinski definition) is 13. The van der Waals surface area contributed by atoms with Gasteiger partial charge < -0.3 is 25.7 Å². The summed E-state index contributed by atoms with van der Waals surface area (Å²) in [5.74, 6) is -2.54. The van der Waals surface area contributed by atoms with Crippen LogP contribution in [0.25, 0.3) is 6.08 Å². The number of fused-ring (bicyclic) bond motifs is 1. The number of nitrogen functional groups attached to an aromatic ring is 1. The van der Waals surface area contributed by atoms with E-state index in [1.54, 1.807) is 45.2 Å². The normalized spacial score (nSPS) is 19.1. The van der Waals surface area contributed by atoms with Gasteiger partial charge in [0, 0.05) is 23.0 Å². The Morgan fingerprint density at radius 3 is 2.68 bits per heavy atom. The fraction of sp³-hybridized carbons (Fsp3) is 0.346. The number of carbonyl (C=O) groups is 4. The average Bonchev–Trinajstić information content (AvgIpc) is 3.35. The molecule has 2 aromatic rings. The number of nitrogens with zero attached hydrogens (tertiary/aromatic N) is 4. The van der Waals surface area contributed by atoms with Crippen LogP contribution in [0.2, 0.25) is 0 Å². The lowest BCUT2D eigenvalue weighted by Gasteiger charge is -2.49. The highest BCUT2D eigenvalue weighted by atomic mass is 32.2. The van der Waals surface area contributed by atoms with Crippen LogP contribution >= 0.6 is 23.1 Å². The Hall–Kier alpha value is -4.24. The minimum absolute atomic E-state index is 0.0304. The highest BCUT2D eigenvalue weighted by Gasteiger charge is 2.54. The van der Waals surface area contributed by atoms with Gasteiger partial charge in [0.25, 0.3) is 11.8 Å². The number of rotatable bonds is 8. The number of thioether (sulfide) groups is 1. The van der Waals surface area contributed by atoms with E-state index in [2.05, 4.69) is 20.4 Å². The van der Waals surface area contributed by atoms with Crippen molar-refractivity contribution in [2.24, 2.45) is 10.6 Å². The zero-order valence-corrected chi connectivity index (χ0v) is 24.2. The van der Waals surface area contributed by atoms with Gasteiger partial charge in [-0.15, -0.1) is 23.1 Å². The number of aromatic nitrogens is 2. The Morgan fingerprint density at radius 2 is 2.05 bits per heavy atom. The highest BCUT2D eigenvalue weighted by Crippen LogP contribution is 2.41. The Bertz CT molecular complexity index is 1480. The van der Waals surface area contributed by atoms with Crippen molar-refractivity contribution in [3.05, 3.63) is 58.0 Å². The molecule has 2 aliphatic heterocycles. The molecule has 0 spiro atoms. The van der Waals surface area contributed by atoms with Crippen molar-refractivity contribution in [3.8, 4) is 0 Å². The molecule has 2 atom stereocenters. The van der Waals surface area contributed by atoms with Gasteiger partial charge in [-0.05, 0) is 44.9 Å². The highest BCUT2D eigenvalue weighted by molar-refractivity contribution is 8.00. The van der Waals surface area contributed by atoms with E-state index < -0.39 is 53.1 Å². The second kappa shape index (κ2) is 12.1. The summed E-state index contributed by atoms with van der Waals surface area (Å²) >= 11 is 2.38. The number of nitrogens with two attached hydrogens (primary N) is 1. The molecule has 4 N–H and O–H groups in total. The molecule has 4 heterocycles. The molecule has 0 bridgehead atoms. The summed E-state index contributed by atoms with van der Waals surface area (Å²) in [4.78, 5) is 60.9. The molecule has 2 aromatic heterocycles. The van der Waals surface area contributed by atoms with E-state index in [0.717, 1.165) is 22.6 Å². The first-order valence-corrected chi connectivity index (χ1v) is 14.2. The van der Waals surface area contributed by atoms with Gasteiger partial charge >= 0.3 is 11.9 Å². The van der Waals surface area contributed by atoms with Crippen LogP contribution in [0.15, 0.2) is 46.2 Å². The van der Waals surface area contributed by atoms with E-state index in [1.807, 2.05) is 13.0 Å². The molecular weight excluding hydrogens is 572 g/mol. The molecule has 15 heteroatoms. The lowest BCUT2D eigenvalue weighted by Crippen LogP contribution is -2.71. The minimum Gasteiger partial charge on any atom is -0.427 e. The van der Waals surface area contributed by atoms with Crippen LogP contribution in [0, 0.1) is 12.3 Å². The molecule has 0 unspecified atom stereocenters. The Labute approximate surface area is 243 Å². The largest absolute Gasteiger partial charge is 0.427 e. The lowest BCUT2D eigenvalue weighted by molar-refractivity contribution is -0.173. The van der Waals surface area contributed by atoms with Gasteiger partial charge in [-0.1, -0.05) is 23.4 Å². The van der Waals surface area contributed by atoms with Crippen molar-refractivity contribution in [1.82, 2.24) is 20.2 Å². The number of aryl methyl sites for hydroxylation is 1. The number of nitrogens with one attached hydrogen (secondary N) is 1. The number of ether oxygens (including phenoxy) is 2. The molecule has 1 saturated heterocycles. The summed E-state index contributed by atoms with van der Waals surface area (Å²) < 4.78 is 10.3. The lowest BCUT2D eigenvalue weighted by atomic mass is 9.98. The van der Waals surface area contributed by atoms with Gasteiger partial charge in [0.2, 0.25) is 6.79 Å². The molecule has 13 nitrogen and oxygen atoms in total. The standard InChI is InChI=1S/C26H28N6O7S2/c1-13-14(6-5-9-28-13)7-8-15-10-40-22-18(30-20(33)17(31-37)16-11-41-25(27)29-16)21(34)32(22)19(15)23(35)38-12-39-24(36)26(2,3)4/h5-9,11,18,22,37H,10,12H2,1-4H3,(H2,27,29)(H,30,33)/b8-7-,31-17?/t18-,22+/m1/s1. The number of oxime groups is 1. The average molecular weight is 601 g/mol. The molecule has 216 valence electrons. The fourth-order valence-corrected chi connectivity index (χ4v) is 5.73. The molecule has 4 rings (SSSR count). The van der Waals surface area contributed by atoms with Crippen molar-refractivity contribution < 1.29 is 33.9 Å². The van der Waals surface area contributed by atoms with E-state index in [1.165, 1.54) is 22.0 Å². The van der Waals surface area contributed by atoms with Gasteiger partial charge in [0.05, 0.1) is 5.41 Å². The summed E-state index contributed by atoms with van der Waals surface area (Å²) in [7, 11) is 0. The second-order valence-corrected chi connectivity index (χ2v) is 12.0. The number of amides is 2. The van der Waals surface area contributed by atoms with E-state index >= 15 is 0 Å². The summed E-state index contributed by atoms with van der Waals surface area (Å²) in [6.07, 6.45) is 5.14. The number of hydrogen-bond donors (Lipinski definition) is 3. The van der Waals surface area contributed by atoms with E-state index in [0.29, 0.717) is 11.3 Å². The maximum absolute atomic E-state index is 13.3. The molecule has 1 fully saturated rings. The smallest absolute Gasteiger partial charge is 0.358 e. The Balaban J connectivity index is 1.56. The number of thiazole rings is 1. The number of esters is 2. The molecule has 0 saturated carbocycles. The first kappa shape index (κ1) is 29.7. The number of β-lactam (4-membered cyclic amide) rings is 1. The zero-order chi connectivity index (χ0) is 29.9. The van der Waals surface area contributed by atoms with Crippen molar-refractivity contribution >= 4 is 63.8 Å². The van der Waals surface area contributed by atoms with Gasteiger partial charge in [0.1, 0.15) is 22.8 Å². The first-order chi connectivity index (χ1) is 19.4. The topological polar surface area (TPSA) is 186 Å². The van der Waals surface area contributed by atoms with E-state index in [4.69, 9.17) is 15.2 Å². The third kappa shape index (κ3) is 6.41. The maximum Gasteiger partial charge on any atom is 0.358 e. The quantitative estimate of drug-likeness (QED) is 0.101. The molecule has 41 heavy (non-hydrogen) atoms. The van der Waals surface area contributed by atoms with Crippen molar-refractivity contribution in [3.63, 3.8) is 0 Å². The molecule has 0 radical (unpaired) electrons. The van der Waals surface area contributed by atoms with Crippen LogP contribution in [0.4, 0.5) is 5.13 Å². The van der Waals surface area contributed by atoms with Gasteiger partial charge in [-0.3, -0.25) is 24.3 Å². The third-order valence-electron chi connectivity index (χ3n) is 6.06. The number of allylic oxidation sites excluding steroid dienone is 1. The number of carbonyl (C=O) groups excluding carboxylic acids is 4. The van der Waals surface area contributed by atoms with Crippen molar-refractivity contribution in [2.75, 3.05) is 18.3 Å². The van der Waals surface area contributed by atoms with Crippen molar-refractivity contribution in [2.45, 2.75) is 39.1 Å². The molecular formula is C26H28N6O7S2. The SMILES string of the molecule is Cc1ncccc1/C=C\C1=C(C(=O)OCOC(=O)C(C)(C)C)N2C(=O)[C@@H](NC(=O)C(=NO)c3csc(N)n3)[C@@H]2SC1. The molecule has 2 amide bonds. The predicted octanol–water partition coefficient (Wildman–Crippen LogP) is 2.06. The monoisotopic (exact) mass is 600 g/mol. The van der Waals surface area contributed by atoms with E-state index in [9.17, 15) is 24.4 Å². The van der Waals surface area contributed by atoms with Crippen LogP contribution in [-0.2, 0) is 28.7 Å². The molecule has 0 aliphatic carbocycles. The number of anilines is 1.